The van der Waals surface area contributed by atoms with Gasteiger partial charge < -0.3 is 14.7 Å². The molecule has 5 heteroatoms. The molecule has 1 aromatic rings. The molecular formula is C13H15NO4. The number of hydrogen-bond donors (Lipinski definition) is 1. The Bertz CT molecular complexity index is 490. The van der Waals surface area contributed by atoms with E-state index in [1.807, 2.05) is 0 Å². The van der Waals surface area contributed by atoms with Crippen molar-refractivity contribution >= 4 is 11.7 Å². The molecule has 0 saturated heterocycles. The number of aliphatic hydroxyl groups excluding tert-OH is 1. The van der Waals surface area contributed by atoms with Gasteiger partial charge in [-0.3, -0.25) is 0 Å². The van der Waals surface area contributed by atoms with Gasteiger partial charge in [-0.05, 0) is 26.0 Å². The molecule has 1 N–H and O–H groups in total. The molecule has 0 aliphatic carbocycles. The van der Waals surface area contributed by atoms with Crippen LogP contribution in [0.15, 0.2) is 29.4 Å². The van der Waals surface area contributed by atoms with Gasteiger partial charge in [0.1, 0.15) is 11.8 Å². The van der Waals surface area contributed by atoms with Crippen molar-refractivity contribution in [3.8, 4) is 0 Å². The maximum absolute atomic E-state index is 11.3. The number of carbonyl (C=O) groups is 1. The minimum absolute atomic E-state index is 0.396. The van der Waals surface area contributed by atoms with E-state index in [1.54, 1.807) is 38.1 Å². The Hall–Kier alpha value is -1.88. The molecule has 0 saturated carbocycles. The third kappa shape index (κ3) is 2.09. The molecule has 18 heavy (non-hydrogen) atoms. The lowest BCUT2D eigenvalue weighted by Crippen LogP contribution is -2.38. The van der Waals surface area contributed by atoms with Crippen LogP contribution in [-0.2, 0) is 9.57 Å². The highest BCUT2D eigenvalue weighted by atomic mass is 16.7. The van der Waals surface area contributed by atoms with Gasteiger partial charge in [-0.1, -0.05) is 17.3 Å². The third-order valence-corrected chi connectivity index (χ3v) is 2.90. The zero-order valence-corrected chi connectivity index (χ0v) is 10.5. The molecule has 0 aromatic heterocycles. The Morgan fingerprint density at radius 3 is 2.44 bits per heavy atom. The molecule has 1 aromatic carbocycles. The summed E-state index contributed by atoms with van der Waals surface area (Å²) < 4.78 is 4.61. The predicted octanol–water partition coefficient (Wildman–Crippen LogP) is 1.35. The van der Waals surface area contributed by atoms with Crippen molar-refractivity contribution < 1.29 is 19.5 Å². The van der Waals surface area contributed by atoms with E-state index < -0.39 is 17.7 Å². The molecule has 0 radical (unpaired) electrons. The van der Waals surface area contributed by atoms with Crippen LogP contribution in [0.2, 0.25) is 0 Å². The molecule has 5 nitrogen and oxygen atoms in total. The van der Waals surface area contributed by atoms with Gasteiger partial charge in [0.05, 0.1) is 12.7 Å². The molecule has 2 rings (SSSR count). The normalized spacial score (nSPS) is 21.1. The summed E-state index contributed by atoms with van der Waals surface area (Å²) in [6.45, 7) is 3.52. The predicted molar refractivity (Wildman–Crippen MR) is 65.5 cm³/mol. The second kappa shape index (κ2) is 4.42. The second-order valence-corrected chi connectivity index (χ2v) is 4.64. The molecule has 0 bridgehead atoms. The van der Waals surface area contributed by atoms with Crippen LogP contribution in [0.3, 0.4) is 0 Å². The molecule has 1 aliphatic heterocycles. The molecule has 96 valence electrons. The van der Waals surface area contributed by atoms with Crippen molar-refractivity contribution in [3.05, 3.63) is 35.4 Å². The largest absolute Gasteiger partial charge is 0.465 e. The van der Waals surface area contributed by atoms with E-state index in [9.17, 15) is 9.90 Å². The summed E-state index contributed by atoms with van der Waals surface area (Å²) in [5, 5.41) is 13.9. The standard InChI is InChI=1S/C13H15NO4/c1-13(2)11(15)10(14-18-13)8-4-6-9(7-5-8)12(16)17-3/h4-7,11,15H,1-3H3. The SMILES string of the molecule is COC(=O)c1ccc(C2=NOC(C)(C)C2O)cc1. The fourth-order valence-electron chi connectivity index (χ4n) is 1.70. The average molecular weight is 249 g/mol. The summed E-state index contributed by atoms with van der Waals surface area (Å²) in [5.74, 6) is -0.396. The van der Waals surface area contributed by atoms with E-state index in [4.69, 9.17) is 4.84 Å². The Kier molecular flexibility index (Phi) is 3.09. The average Bonchev–Trinajstić information content (AvgIpc) is 2.64. The summed E-state index contributed by atoms with van der Waals surface area (Å²) in [7, 11) is 1.33. The van der Waals surface area contributed by atoms with Gasteiger partial charge in [0.25, 0.3) is 0 Å². The van der Waals surface area contributed by atoms with E-state index in [0.29, 0.717) is 11.3 Å². The number of methoxy groups -OCH3 is 1. The van der Waals surface area contributed by atoms with E-state index >= 15 is 0 Å². The Labute approximate surface area is 105 Å². The molecular weight excluding hydrogens is 234 g/mol. The van der Waals surface area contributed by atoms with Crippen molar-refractivity contribution in [1.29, 1.82) is 0 Å². The highest BCUT2D eigenvalue weighted by Crippen LogP contribution is 2.26. The Balaban J connectivity index is 2.24. The zero-order valence-electron chi connectivity index (χ0n) is 10.5. The first-order valence-electron chi connectivity index (χ1n) is 5.58. The fraction of sp³-hybridized carbons (Fsp3) is 0.385. The Morgan fingerprint density at radius 1 is 1.39 bits per heavy atom. The van der Waals surface area contributed by atoms with Gasteiger partial charge in [-0.25, -0.2) is 4.79 Å². The van der Waals surface area contributed by atoms with Crippen LogP contribution in [0.5, 0.6) is 0 Å². The van der Waals surface area contributed by atoms with Gasteiger partial charge in [-0.2, -0.15) is 0 Å². The van der Waals surface area contributed by atoms with E-state index in [2.05, 4.69) is 9.89 Å². The van der Waals surface area contributed by atoms with Crippen molar-refractivity contribution in [2.45, 2.75) is 25.6 Å². The summed E-state index contributed by atoms with van der Waals surface area (Å²) in [4.78, 5) is 16.5. The lowest BCUT2D eigenvalue weighted by molar-refractivity contribution is -0.0476. The van der Waals surface area contributed by atoms with E-state index in [-0.39, 0.29) is 0 Å². The summed E-state index contributed by atoms with van der Waals surface area (Å²) in [6, 6.07) is 6.67. The molecule has 1 heterocycles. The number of aliphatic hydroxyl groups is 1. The van der Waals surface area contributed by atoms with E-state index in [1.165, 1.54) is 7.11 Å². The monoisotopic (exact) mass is 249 g/mol. The van der Waals surface area contributed by atoms with Crippen molar-refractivity contribution in [2.24, 2.45) is 5.16 Å². The van der Waals surface area contributed by atoms with Crippen LogP contribution >= 0.6 is 0 Å². The summed E-state index contributed by atoms with van der Waals surface area (Å²) >= 11 is 0. The van der Waals surface area contributed by atoms with Gasteiger partial charge in [0.15, 0.2) is 5.60 Å². The summed E-state index contributed by atoms with van der Waals surface area (Å²) in [6.07, 6.45) is -0.790. The lowest BCUT2D eigenvalue weighted by atomic mass is 9.94. The first-order chi connectivity index (χ1) is 8.45. The molecule has 0 fully saturated rings. The second-order valence-electron chi connectivity index (χ2n) is 4.64. The molecule has 0 amide bonds. The third-order valence-electron chi connectivity index (χ3n) is 2.90. The van der Waals surface area contributed by atoms with Crippen LogP contribution in [0.1, 0.15) is 29.8 Å². The number of hydrogen-bond acceptors (Lipinski definition) is 5. The maximum Gasteiger partial charge on any atom is 0.337 e. The molecule has 1 aliphatic rings. The number of oxime groups is 1. The first-order valence-corrected chi connectivity index (χ1v) is 5.58. The number of esters is 1. The van der Waals surface area contributed by atoms with Gasteiger partial charge >= 0.3 is 5.97 Å². The summed E-state index contributed by atoms with van der Waals surface area (Å²) in [5.41, 5.74) is 0.919. The highest BCUT2D eigenvalue weighted by molar-refractivity contribution is 6.05. The zero-order chi connectivity index (χ0) is 13.3. The van der Waals surface area contributed by atoms with Gasteiger partial charge in [0, 0.05) is 5.56 Å². The highest BCUT2D eigenvalue weighted by Gasteiger charge is 2.40. The van der Waals surface area contributed by atoms with Crippen molar-refractivity contribution in [1.82, 2.24) is 0 Å². The first kappa shape index (κ1) is 12.6. The molecule has 0 spiro atoms. The topological polar surface area (TPSA) is 68.1 Å². The van der Waals surface area contributed by atoms with Gasteiger partial charge in [0.2, 0.25) is 0 Å². The van der Waals surface area contributed by atoms with Crippen LogP contribution in [0, 0.1) is 0 Å². The Morgan fingerprint density at radius 2 is 2.00 bits per heavy atom. The molecule has 1 atom stereocenters. The van der Waals surface area contributed by atoms with Crippen LogP contribution in [0.4, 0.5) is 0 Å². The lowest BCUT2D eigenvalue weighted by Gasteiger charge is -2.20. The van der Waals surface area contributed by atoms with Crippen LogP contribution < -0.4 is 0 Å². The number of carbonyl (C=O) groups excluding carboxylic acids is 1. The minimum Gasteiger partial charge on any atom is -0.465 e. The van der Waals surface area contributed by atoms with Crippen molar-refractivity contribution in [2.75, 3.05) is 7.11 Å². The maximum atomic E-state index is 11.3. The minimum atomic E-state index is -0.790. The van der Waals surface area contributed by atoms with Crippen LogP contribution in [-0.4, -0.2) is 35.6 Å². The quantitative estimate of drug-likeness (QED) is 0.803. The van der Waals surface area contributed by atoms with E-state index in [0.717, 1.165) is 5.56 Å². The van der Waals surface area contributed by atoms with Crippen molar-refractivity contribution in [3.63, 3.8) is 0 Å². The molecule has 1 unspecified atom stereocenters. The number of rotatable bonds is 2. The smallest absolute Gasteiger partial charge is 0.337 e. The fourth-order valence-corrected chi connectivity index (χ4v) is 1.70. The number of ether oxygens (including phenoxy) is 1. The van der Waals surface area contributed by atoms with Crippen LogP contribution in [0.25, 0.3) is 0 Å². The van der Waals surface area contributed by atoms with Gasteiger partial charge in [-0.15, -0.1) is 0 Å². The number of nitrogens with zero attached hydrogens (tertiary/aromatic N) is 1. The number of benzene rings is 1.